The van der Waals surface area contributed by atoms with E-state index in [-0.39, 0.29) is 23.6 Å². The summed E-state index contributed by atoms with van der Waals surface area (Å²) in [6.45, 7) is 10.8. The first kappa shape index (κ1) is 20.1. The predicted molar refractivity (Wildman–Crippen MR) is 93.6 cm³/mol. The standard InChI is InChI=1S/C18H32N2O5/c1-14(21)10-19-11-15(12-23-5)24-18(13-19)6-8-20(9-7-18)16(22)25-17(2,3)4/h15H,6-13H2,1-5H3/t15-/m1/s1. The van der Waals surface area contributed by atoms with E-state index in [2.05, 4.69) is 4.90 Å². The number of methoxy groups -OCH3 is 1. The number of morpholine rings is 1. The second-order valence-corrected chi connectivity index (χ2v) is 8.22. The normalized spacial score (nSPS) is 24.4. The molecule has 25 heavy (non-hydrogen) atoms. The van der Waals surface area contributed by atoms with Crippen LogP contribution < -0.4 is 0 Å². The van der Waals surface area contributed by atoms with Gasteiger partial charge in [0.2, 0.25) is 0 Å². The van der Waals surface area contributed by atoms with Gasteiger partial charge >= 0.3 is 6.09 Å². The highest BCUT2D eigenvalue weighted by molar-refractivity contribution is 5.77. The van der Waals surface area contributed by atoms with E-state index in [0.717, 1.165) is 19.4 Å². The second kappa shape index (κ2) is 8.01. The molecule has 2 heterocycles. The van der Waals surface area contributed by atoms with Crippen LogP contribution in [-0.4, -0.2) is 85.4 Å². The number of carbonyl (C=O) groups excluding carboxylic acids is 2. The zero-order valence-corrected chi connectivity index (χ0v) is 16.2. The molecule has 2 saturated heterocycles. The van der Waals surface area contributed by atoms with E-state index in [9.17, 15) is 9.59 Å². The minimum Gasteiger partial charge on any atom is -0.444 e. The van der Waals surface area contributed by atoms with Crippen LogP contribution in [-0.2, 0) is 19.0 Å². The first-order valence-corrected chi connectivity index (χ1v) is 8.99. The molecule has 2 rings (SSSR count). The summed E-state index contributed by atoms with van der Waals surface area (Å²) in [7, 11) is 1.66. The Balaban J connectivity index is 1.98. The molecule has 1 spiro atoms. The Morgan fingerprint density at radius 1 is 1.24 bits per heavy atom. The van der Waals surface area contributed by atoms with E-state index >= 15 is 0 Å². The average molecular weight is 356 g/mol. The molecule has 2 aliphatic heterocycles. The Kier molecular flexibility index (Phi) is 6.45. The van der Waals surface area contributed by atoms with Crippen LogP contribution in [0.15, 0.2) is 0 Å². The lowest BCUT2D eigenvalue weighted by Crippen LogP contribution is -2.61. The maximum absolute atomic E-state index is 12.2. The molecule has 2 fully saturated rings. The van der Waals surface area contributed by atoms with Crippen molar-refractivity contribution in [2.75, 3.05) is 46.4 Å². The molecule has 0 unspecified atom stereocenters. The van der Waals surface area contributed by atoms with Gasteiger partial charge in [0, 0.05) is 33.3 Å². The van der Waals surface area contributed by atoms with Crippen LogP contribution in [0.4, 0.5) is 4.79 Å². The Labute approximate surface area is 150 Å². The van der Waals surface area contributed by atoms with E-state index in [1.54, 1.807) is 18.9 Å². The van der Waals surface area contributed by atoms with Crippen LogP contribution in [0.3, 0.4) is 0 Å². The third-order valence-corrected chi connectivity index (χ3v) is 4.52. The molecule has 1 amide bonds. The molecule has 2 aliphatic rings. The summed E-state index contributed by atoms with van der Waals surface area (Å²) < 4.78 is 17.1. The largest absolute Gasteiger partial charge is 0.444 e. The highest BCUT2D eigenvalue weighted by Gasteiger charge is 2.44. The molecule has 0 bridgehead atoms. The predicted octanol–water partition coefficient (Wildman–Crippen LogP) is 1.69. The van der Waals surface area contributed by atoms with Gasteiger partial charge in [-0.3, -0.25) is 9.69 Å². The average Bonchev–Trinajstić information content (AvgIpc) is 2.45. The molecule has 0 saturated carbocycles. The van der Waals surface area contributed by atoms with Gasteiger partial charge in [-0.2, -0.15) is 0 Å². The Morgan fingerprint density at radius 2 is 1.88 bits per heavy atom. The van der Waals surface area contributed by atoms with E-state index in [0.29, 0.717) is 32.8 Å². The summed E-state index contributed by atoms with van der Waals surface area (Å²) in [6, 6.07) is 0. The fourth-order valence-corrected chi connectivity index (χ4v) is 3.60. The van der Waals surface area contributed by atoms with Crippen LogP contribution in [0.5, 0.6) is 0 Å². The number of likely N-dealkylation sites (tertiary alicyclic amines) is 1. The molecule has 0 aromatic rings. The summed E-state index contributed by atoms with van der Waals surface area (Å²) in [5, 5.41) is 0. The van der Waals surface area contributed by atoms with Crippen molar-refractivity contribution in [1.29, 1.82) is 0 Å². The van der Waals surface area contributed by atoms with Gasteiger partial charge in [-0.05, 0) is 40.5 Å². The van der Waals surface area contributed by atoms with Crippen LogP contribution in [0.2, 0.25) is 0 Å². The molecular formula is C18H32N2O5. The number of piperidine rings is 1. The number of nitrogens with zero attached hydrogens (tertiary/aromatic N) is 2. The summed E-state index contributed by atoms with van der Waals surface area (Å²) in [5.74, 6) is 0.152. The molecule has 0 N–H and O–H groups in total. The van der Waals surface area contributed by atoms with Gasteiger partial charge in [-0.25, -0.2) is 4.79 Å². The van der Waals surface area contributed by atoms with Gasteiger partial charge in [0.25, 0.3) is 0 Å². The maximum atomic E-state index is 12.2. The lowest BCUT2D eigenvalue weighted by Gasteiger charge is -2.49. The number of ether oxygens (including phenoxy) is 3. The number of rotatable bonds is 4. The zero-order valence-electron chi connectivity index (χ0n) is 16.2. The van der Waals surface area contributed by atoms with Crippen molar-refractivity contribution in [3.05, 3.63) is 0 Å². The van der Waals surface area contributed by atoms with Gasteiger partial charge in [0.15, 0.2) is 0 Å². The van der Waals surface area contributed by atoms with Crippen molar-refractivity contribution >= 4 is 11.9 Å². The minimum absolute atomic E-state index is 0.0498. The van der Waals surface area contributed by atoms with Crippen molar-refractivity contribution in [3.8, 4) is 0 Å². The van der Waals surface area contributed by atoms with E-state index in [1.165, 1.54) is 0 Å². The topological polar surface area (TPSA) is 68.3 Å². The van der Waals surface area contributed by atoms with Gasteiger partial charge in [0.05, 0.1) is 24.9 Å². The van der Waals surface area contributed by atoms with Crippen LogP contribution in [0, 0.1) is 0 Å². The van der Waals surface area contributed by atoms with E-state index in [4.69, 9.17) is 14.2 Å². The Hall–Kier alpha value is -1.18. The highest BCUT2D eigenvalue weighted by Crippen LogP contribution is 2.33. The van der Waals surface area contributed by atoms with Gasteiger partial charge in [-0.15, -0.1) is 0 Å². The summed E-state index contributed by atoms with van der Waals surface area (Å²) >= 11 is 0. The van der Waals surface area contributed by atoms with Crippen LogP contribution in [0.1, 0.15) is 40.5 Å². The molecule has 0 radical (unpaired) electrons. The number of carbonyl (C=O) groups is 2. The number of Topliss-reactive ketones (excluding diaryl/α,β-unsaturated/α-hetero) is 1. The monoisotopic (exact) mass is 356 g/mol. The summed E-state index contributed by atoms with van der Waals surface area (Å²) in [5.41, 5.74) is -0.815. The second-order valence-electron chi connectivity index (χ2n) is 8.22. The lowest BCUT2D eigenvalue weighted by molar-refractivity contribution is -0.186. The van der Waals surface area contributed by atoms with Crippen LogP contribution in [0.25, 0.3) is 0 Å². The Morgan fingerprint density at radius 3 is 2.40 bits per heavy atom. The molecule has 7 heteroatoms. The van der Waals surface area contributed by atoms with Gasteiger partial charge in [0.1, 0.15) is 11.4 Å². The van der Waals surface area contributed by atoms with Crippen molar-refractivity contribution in [2.24, 2.45) is 0 Å². The summed E-state index contributed by atoms with van der Waals surface area (Å²) in [4.78, 5) is 27.7. The smallest absolute Gasteiger partial charge is 0.410 e. The number of hydrogen-bond donors (Lipinski definition) is 0. The number of amides is 1. The zero-order chi connectivity index (χ0) is 18.7. The SMILES string of the molecule is COC[C@H]1CN(CC(C)=O)CC2(CCN(C(=O)OC(C)(C)C)CC2)O1. The third-order valence-electron chi connectivity index (χ3n) is 4.52. The van der Waals surface area contributed by atoms with Crippen LogP contribution >= 0.6 is 0 Å². The quantitative estimate of drug-likeness (QED) is 0.764. The first-order valence-electron chi connectivity index (χ1n) is 8.99. The summed E-state index contributed by atoms with van der Waals surface area (Å²) in [6.07, 6.45) is 1.15. The van der Waals surface area contributed by atoms with Crippen molar-refractivity contribution in [1.82, 2.24) is 9.80 Å². The Bertz CT molecular complexity index is 480. The third kappa shape index (κ3) is 5.94. The van der Waals surface area contributed by atoms with Crippen molar-refractivity contribution in [3.63, 3.8) is 0 Å². The highest BCUT2D eigenvalue weighted by atomic mass is 16.6. The molecule has 144 valence electrons. The van der Waals surface area contributed by atoms with Crippen molar-refractivity contribution < 1.29 is 23.8 Å². The maximum Gasteiger partial charge on any atom is 0.410 e. The molecule has 0 aliphatic carbocycles. The van der Waals surface area contributed by atoms with E-state index < -0.39 is 5.60 Å². The molecule has 1 atom stereocenters. The fraction of sp³-hybridized carbons (Fsp3) is 0.889. The van der Waals surface area contributed by atoms with E-state index in [1.807, 2.05) is 20.8 Å². The molecule has 0 aromatic carbocycles. The van der Waals surface area contributed by atoms with Crippen molar-refractivity contribution in [2.45, 2.75) is 57.8 Å². The first-order chi connectivity index (χ1) is 11.6. The fourth-order valence-electron chi connectivity index (χ4n) is 3.60. The number of ketones is 1. The van der Waals surface area contributed by atoms with Gasteiger partial charge in [-0.1, -0.05) is 0 Å². The molecular weight excluding hydrogens is 324 g/mol. The van der Waals surface area contributed by atoms with Gasteiger partial charge < -0.3 is 19.1 Å². The molecule has 7 nitrogen and oxygen atoms in total. The lowest BCUT2D eigenvalue weighted by atomic mass is 9.88. The number of hydrogen-bond acceptors (Lipinski definition) is 6. The molecule has 0 aromatic heterocycles. The minimum atomic E-state index is -0.491.